The van der Waals surface area contributed by atoms with E-state index in [1.807, 2.05) is 26.8 Å². The van der Waals surface area contributed by atoms with Crippen molar-refractivity contribution in [2.24, 2.45) is 16.2 Å². The first kappa shape index (κ1) is 18.8. The fraction of sp³-hybridized carbons (Fsp3) is 0.650. The van der Waals surface area contributed by atoms with Crippen molar-refractivity contribution in [2.45, 2.75) is 56.8 Å². The first-order chi connectivity index (χ1) is 12.3. The zero-order valence-electron chi connectivity index (χ0n) is 15.5. The average molecular weight is 440 g/mol. The monoisotopic (exact) mass is 439 g/mol. The molecule has 0 amide bonds. The largest absolute Gasteiger partial charge is 0.591 e. The summed E-state index contributed by atoms with van der Waals surface area (Å²) in [4.78, 5) is 0. The van der Waals surface area contributed by atoms with E-state index in [0.717, 1.165) is 48.4 Å². The van der Waals surface area contributed by atoms with Crippen molar-refractivity contribution in [3.05, 3.63) is 28.2 Å². The molecular formula is C20H26BrNO3S. The summed E-state index contributed by atoms with van der Waals surface area (Å²) >= 11 is 2.37. The van der Waals surface area contributed by atoms with Crippen LogP contribution in [-0.4, -0.2) is 34.3 Å². The molecule has 0 radical (unpaired) electrons. The minimum absolute atomic E-state index is 0.140. The van der Waals surface area contributed by atoms with Crippen LogP contribution in [0.4, 0.5) is 0 Å². The molecule has 4 rings (SSSR count). The fourth-order valence-corrected chi connectivity index (χ4v) is 5.06. The second kappa shape index (κ2) is 7.12. The molecule has 5 unspecified atom stereocenters. The second-order valence-electron chi connectivity index (χ2n) is 8.51. The molecule has 0 aromatic heterocycles. The van der Waals surface area contributed by atoms with E-state index in [9.17, 15) is 4.55 Å². The molecule has 6 heteroatoms. The fourth-order valence-electron chi connectivity index (χ4n) is 3.97. The van der Waals surface area contributed by atoms with E-state index in [-0.39, 0.29) is 16.8 Å². The van der Waals surface area contributed by atoms with E-state index in [4.69, 9.17) is 9.47 Å². The molecule has 0 N–H and O–H groups in total. The van der Waals surface area contributed by atoms with Gasteiger partial charge in [0.15, 0.2) is 0 Å². The highest BCUT2D eigenvalue weighted by Gasteiger charge is 2.54. The number of benzene rings is 1. The average Bonchev–Trinajstić information content (AvgIpc) is 3.30. The predicted octanol–water partition coefficient (Wildman–Crippen LogP) is 4.64. The Morgan fingerprint density at radius 3 is 2.81 bits per heavy atom. The molecule has 2 heterocycles. The lowest BCUT2D eigenvalue weighted by Gasteiger charge is -2.30. The minimum Gasteiger partial charge on any atom is -0.591 e. The van der Waals surface area contributed by atoms with Gasteiger partial charge in [0.2, 0.25) is 0 Å². The summed E-state index contributed by atoms with van der Waals surface area (Å²) in [5, 5.41) is 0. The Bertz CT molecular complexity index is 711. The normalized spacial score (nSPS) is 33.7. The molecule has 1 aromatic carbocycles. The third-order valence-corrected chi connectivity index (χ3v) is 7.41. The van der Waals surface area contributed by atoms with Gasteiger partial charge in [0.1, 0.15) is 28.0 Å². The standard InChI is InChI=1S/C20H26BrNO3S/c1-20(2,3)26(23)22-19-15-10-17(12-5-4-8-24-11-12)25-16-7-6-13(21)9-14(16)18(15)19/h6-7,9,12,15,17-18H,4-5,8,10-11H2,1-3H3/b22-19+. The molecule has 1 saturated heterocycles. The van der Waals surface area contributed by atoms with Crippen LogP contribution < -0.4 is 4.74 Å². The van der Waals surface area contributed by atoms with Gasteiger partial charge in [0.05, 0.1) is 12.3 Å². The molecular weight excluding hydrogens is 414 g/mol. The van der Waals surface area contributed by atoms with Gasteiger partial charge in [-0.15, -0.1) is 0 Å². The van der Waals surface area contributed by atoms with E-state index >= 15 is 0 Å². The molecule has 2 aliphatic heterocycles. The summed E-state index contributed by atoms with van der Waals surface area (Å²) in [6.07, 6.45) is 3.32. The first-order valence-electron chi connectivity index (χ1n) is 9.39. The molecule has 3 aliphatic rings. The van der Waals surface area contributed by atoms with Crippen LogP contribution >= 0.6 is 15.9 Å². The zero-order chi connectivity index (χ0) is 18.5. The zero-order valence-corrected chi connectivity index (χ0v) is 17.9. The number of hydrogen-bond donors (Lipinski definition) is 0. The number of ether oxygens (including phenoxy) is 2. The van der Waals surface area contributed by atoms with Crippen molar-refractivity contribution in [3.63, 3.8) is 0 Å². The van der Waals surface area contributed by atoms with E-state index in [1.54, 1.807) is 0 Å². The van der Waals surface area contributed by atoms with Crippen LogP contribution in [-0.2, 0) is 16.1 Å². The van der Waals surface area contributed by atoms with Crippen LogP contribution in [0.15, 0.2) is 27.1 Å². The van der Waals surface area contributed by atoms with Gasteiger partial charge >= 0.3 is 0 Å². The highest BCUT2D eigenvalue weighted by molar-refractivity contribution is 9.10. The number of halogens is 1. The van der Waals surface area contributed by atoms with Crippen molar-refractivity contribution >= 4 is 33.0 Å². The highest BCUT2D eigenvalue weighted by Crippen LogP contribution is 2.54. The van der Waals surface area contributed by atoms with Crippen molar-refractivity contribution in [1.29, 1.82) is 0 Å². The number of nitrogens with zero attached hydrogens (tertiary/aromatic N) is 1. The van der Waals surface area contributed by atoms with Crippen molar-refractivity contribution in [2.75, 3.05) is 13.2 Å². The Kier molecular flexibility index (Phi) is 5.14. The SMILES string of the molecule is CC(C)(C)[S+]([O-])/N=C1\C2CC(C3CCCOC3)Oc3ccc(Br)cc3C12. The van der Waals surface area contributed by atoms with Crippen molar-refractivity contribution in [1.82, 2.24) is 0 Å². The topological polar surface area (TPSA) is 53.9 Å². The number of rotatable bonds is 2. The lowest BCUT2D eigenvalue weighted by molar-refractivity contribution is -0.00182. The molecule has 1 saturated carbocycles. The highest BCUT2D eigenvalue weighted by atomic mass is 79.9. The van der Waals surface area contributed by atoms with E-state index < -0.39 is 11.4 Å². The molecule has 142 valence electrons. The van der Waals surface area contributed by atoms with Gasteiger partial charge in [-0.05, 0) is 58.2 Å². The lowest BCUT2D eigenvalue weighted by Crippen LogP contribution is -2.34. The van der Waals surface area contributed by atoms with Gasteiger partial charge in [0.25, 0.3) is 0 Å². The van der Waals surface area contributed by atoms with Gasteiger partial charge in [-0.3, -0.25) is 0 Å². The molecule has 2 fully saturated rings. The molecule has 26 heavy (non-hydrogen) atoms. The third kappa shape index (κ3) is 3.71. The van der Waals surface area contributed by atoms with Crippen molar-refractivity contribution < 1.29 is 14.0 Å². The Morgan fingerprint density at radius 1 is 1.31 bits per heavy atom. The number of hydrogen-bond acceptors (Lipinski definition) is 4. The number of fused-ring (bicyclic) bond motifs is 3. The molecule has 5 atom stereocenters. The van der Waals surface area contributed by atoms with Crippen LogP contribution in [0, 0.1) is 11.8 Å². The molecule has 1 aliphatic carbocycles. The Hall–Kier alpha value is -0.560. The van der Waals surface area contributed by atoms with Crippen LogP contribution in [0.2, 0.25) is 0 Å². The Morgan fingerprint density at radius 2 is 2.12 bits per heavy atom. The van der Waals surface area contributed by atoms with Gasteiger partial charge in [-0.2, -0.15) is 0 Å². The summed E-state index contributed by atoms with van der Waals surface area (Å²) in [5.41, 5.74) is 2.26. The third-order valence-electron chi connectivity index (χ3n) is 5.50. The smallest absolute Gasteiger partial charge is 0.144 e. The maximum Gasteiger partial charge on any atom is 0.144 e. The Balaban J connectivity index is 1.65. The van der Waals surface area contributed by atoms with Crippen LogP contribution in [0.1, 0.15) is 51.5 Å². The van der Waals surface area contributed by atoms with Crippen molar-refractivity contribution in [3.8, 4) is 5.75 Å². The van der Waals surface area contributed by atoms with E-state index in [1.165, 1.54) is 5.56 Å². The van der Waals surface area contributed by atoms with Crippen LogP contribution in [0.5, 0.6) is 5.75 Å². The van der Waals surface area contributed by atoms with E-state index in [2.05, 4.69) is 32.5 Å². The molecule has 1 aromatic rings. The molecule has 0 spiro atoms. The predicted molar refractivity (Wildman–Crippen MR) is 108 cm³/mol. The summed E-state index contributed by atoms with van der Waals surface area (Å²) < 4.78 is 30.1. The lowest BCUT2D eigenvalue weighted by atomic mass is 9.92. The van der Waals surface area contributed by atoms with Gasteiger partial charge in [0, 0.05) is 34.4 Å². The summed E-state index contributed by atoms with van der Waals surface area (Å²) in [7, 11) is 0. The molecule has 0 bridgehead atoms. The summed E-state index contributed by atoms with van der Waals surface area (Å²) in [6, 6.07) is 6.21. The maximum absolute atomic E-state index is 12.6. The van der Waals surface area contributed by atoms with Gasteiger partial charge in [-0.25, -0.2) is 0 Å². The second-order valence-corrected chi connectivity index (χ2v) is 11.3. The summed E-state index contributed by atoms with van der Waals surface area (Å²) in [6.45, 7) is 7.55. The van der Waals surface area contributed by atoms with Crippen LogP contribution in [0.3, 0.4) is 0 Å². The Labute approximate surface area is 167 Å². The summed E-state index contributed by atoms with van der Waals surface area (Å²) in [5.74, 6) is 1.95. The quantitative estimate of drug-likeness (QED) is 0.630. The van der Waals surface area contributed by atoms with E-state index in [0.29, 0.717) is 11.8 Å². The van der Waals surface area contributed by atoms with Gasteiger partial charge < -0.3 is 14.0 Å². The molecule has 4 nitrogen and oxygen atoms in total. The van der Waals surface area contributed by atoms with Crippen LogP contribution in [0.25, 0.3) is 0 Å². The minimum atomic E-state index is -1.21. The maximum atomic E-state index is 12.6. The first-order valence-corrected chi connectivity index (χ1v) is 11.3. The van der Waals surface area contributed by atoms with Gasteiger partial charge in [-0.1, -0.05) is 20.3 Å².